The molecule has 0 spiro atoms. The summed E-state index contributed by atoms with van der Waals surface area (Å²) in [5, 5.41) is 3.34. The molecule has 0 radical (unpaired) electrons. The van der Waals surface area contributed by atoms with Gasteiger partial charge < -0.3 is 11.1 Å². The SMILES string of the molecule is CCCC(CN)C(=O)NC1CC2CC1C1CCCC21. The van der Waals surface area contributed by atoms with Gasteiger partial charge in [0.2, 0.25) is 5.91 Å². The van der Waals surface area contributed by atoms with E-state index in [0.29, 0.717) is 12.6 Å². The number of hydrogen-bond acceptors (Lipinski definition) is 2. The molecular weight excluding hydrogens is 236 g/mol. The maximum atomic E-state index is 12.3. The Bertz CT molecular complexity index is 344. The molecule has 3 heteroatoms. The number of hydrogen-bond donors (Lipinski definition) is 2. The predicted molar refractivity (Wildman–Crippen MR) is 76.4 cm³/mol. The third-order valence-electron chi connectivity index (χ3n) is 6.05. The van der Waals surface area contributed by atoms with E-state index in [2.05, 4.69) is 12.2 Å². The molecule has 3 saturated carbocycles. The molecular formula is C16H28N2O. The van der Waals surface area contributed by atoms with Crippen LogP contribution in [0, 0.1) is 29.6 Å². The Morgan fingerprint density at radius 1 is 1.26 bits per heavy atom. The van der Waals surface area contributed by atoms with Crippen molar-refractivity contribution < 1.29 is 4.79 Å². The smallest absolute Gasteiger partial charge is 0.224 e. The molecule has 3 nitrogen and oxygen atoms in total. The van der Waals surface area contributed by atoms with Gasteiger partial charge in [0.25, 0.3) is 0 Å². The first-order valence-corrected chi connectivity index (χ1v) is 8.25. The van der Waals surface area contributed by atoms with Crippen LogP contribution >= 0.6 is 0 Å². The van der Waals surface area contributed by atoms with Crippen molar-refractivity contribution in [3.8, 4) is 0 Å². The van der Waals surface area contributed by atoms with Gasteiger partial charge in [-0.2, -0.15) is 0 Å². The molecule has 6 atom stereocenters. The van der Waals surface area contributed by atoms with Gasteiger partial charge in [-0.05, 0) is 55.8 Å². The predicted octanol–water partition coefficient (Wildman–Crippen LogP) is 2.30. The van der Waals surface area contributed by atoms with Crippen LogP contribution in [-0.2, 0) is 4.79 Å². The summed E-state index contributed by atoms with van der Waals surface area (Å²) < 4.78 is 0. The highest BCUT2D eigenvalue weighted by Gasteiger charge is 2.54. The number of carbonyl (C=O) groups excluding carboxylic acids is 1. The van der Waals surface area contributed by atoms with Gasteiger partial charge in [-0.3, -0.25) is 4.79 Å². The van der Waals surface area contributed by atoms with Crippen molar-refractivity contribution >= 4 is 5.91 Å². The lowest BCUT2D eigenvalue weighted by Crippen LogP contribution is -2.46. The number of nitrogens with two attached hydrogens (primary N) is 1. The third kappa shape index (κ3) is 2.31. The summed E-state index contributed by atoms with van der Waals surface area (Å²) in [6.07, 6.45) is 8.86. The Hall–Kier alpha value is -0.570. The molecule has 1 amide bonds. The minimum absolute atomic E-state index is 0.0310. The molecule has 0 heterocycles. The van der Waals surface area contributed by atoms with Crippen LogP contribution in [0.15, 0.2) is 0 Å². The number of fused-ring (bicyclic) bond motifs is 5. The zero-order valence-corrected chi connectivity index (χ0v) is 12.1. The lowest BCUT2D eigenvalue weighted by Gasteiger charge is -2.33. The Kier molecular flexibility index (Phi) is 3.84. The van der Waals surface area contributed by atoms with E-state index in [0.717, 1.165) is 36.5 Å². The maximum absolute atomic E-state index is 12.3. The first-order valence-electron chi connectivity index (χ1n) is 8.25. The molecule has 0 aromatic carbocycles. The van der Waals surface area contributed by atoms with Gasteiger partial charge in [0.15, 0.2) is 0 Å². The van der Waals surface area contributed by atoms with Crippen LogP contribution in [-0.4, -0.2) is 18.5 Å². The molecule has 0 aromatic heterocycles. The number of carbonyl (C=O) groups is 1. The fraction of sp³-hybridized carbons (Fsp3) is 0.938. The van der Waals surface area contributed by atoms with E-state index in [4.69, 9.17) is 5.73 Å². The van der Waals surface area contributed by atoms with Crippen molar-refractivity contribution in [1.82, 2.24) is 5.32 Å². The van der Waals surface area contributed by atoms with Crippen LogP contribution < -0.4 is 11.1 Å². The quantitative estimate of drug-likeness (QED) is 0.800. The summed E-state index contributed by atoms with van der Waals surface area (Å²) in [7, 11) is 0. The molecule has 0 aliphatic heterocycles. The van der Waals surface area contributed by atoms with Crippen molar-refractivity contribution in [3.63, 3.8) is 0 Å². The van der Waals surface area contributed by atoms with Crippen molar-refractivity contribution in [1.29, 1.82) is 0 Å². The highest BCUT2D eigenvalue weighted by molar-refractivity contribution is 5.79. The van der Waals surface area contributed by atoms with Crippen LogP contribution in [0.1, 0.15) is 51.9 Å². The van der Waals surface area contributed by atoms with Crippen LogP contribution in [0.25, 0.3) is 0 Å². The van der Waals surface area contributed by atoms with Gasteiger partial charge in [0.1, 0.15) is 0 Å². The standard InChI is InChI=1S/C16H28N2O/c1-2-4-10(9-17)16(19)18-15-8-11-7-14(15)13-6-3-5-12(11)13/h10-15H,2-9,17H2,1H3,(H,18,19). The highest BCUT2D eigenvalue weighted by atomic mass is 16.2. The second kappa shape index (κ2) is 5.43. The second-order valence-electron chi connectivity index (χ2n) is 6.99. The van der Waals surface area contributed by atoms with Crippen LogP contribution in [0.3, 0.4) is 0 Å². The van der Waals surface area contributed by atoms with E-state index in [1.54, 1.807) is 0 Å². The monoisotopic (exact) mass is 264 g/mol. The molecule has 3 aliphatic rings. The molecule has 0 saturated heterocycles. The lowest BCUT2D eigenvalue weighted by molar-refractivity contribution is -0.126. The zero-order chi connectivity index (χ0) is 13.4. The maximum Gasteiger partial charge on any atom is 0.224 e. The fourth-order valence-corrected chi connectivity index (χ4v) is 5.24. The third-order valence-corrected chi connectivity index (χ3v) is 6.05. The minimum atomic E-state index is 0.0310. The van der Waals surface area contributed by atoms with Crippen molar-refractivity contribution in [3.05, 3.63) is 0 Å². The van der Waals surface area contributed by atoms with Crippen molar-refractivity contribution in [2.45, 2.75) is 57.9 Å². The molecule has 3 rings (SSSR count). The van der Waals surface area contributed by atoms with Crippen molar-refractivity contribution in [2.75, 3.05) is 6.54 Å². The van der Waals surface area contributed by atoms with Gasteiger partial charge in [-0.25, -0.2) is 0 Å². The van der Waals surface area contributed by atoms with E-state index < -0.39 is 0 Å². The summed E-state index contributed by atoms with van der Waals surface area (Å²) >= 11 is 0. The van der Waals surface area contributed by atoms with E-state index >= 15 is 0 Å². The minimum Gasteiger partial charge on any atom is -0.353 e. The average Bonchev–Trinajstić information content (AvgIpc) is 3.06. The molecule has 19 heavy (non-hydrogen) atoms. The summed E-state index contributed by atoms with van der Waals surface area (Å²) in [4.78, 5) is 12.3. The molecule has 3 N–H and O–H groups in total. The number of nitrogens with one attached hydrogen (secondary N) is 1. The van der Waals surface area contributed by atoms with Crippen LogP contribution in [0.4, 0.5) is 0 Å². The van der Waals surface area contributed by atoms with E-state index in [1.807, 2.05) is 0 Å². The summed E-state index contributed by atoms with van der Waals surface area (Å²) in [6, 6.07) is 0.461. The van der Waals surface area contributed by atoms with E-state index in [-0.39, 0.29) is 11.8 Å². The Labute approximate surface area is 116 Å². The summed E-state index contributed by atoms with van der Waals surface area (Å²) in [5.41, 5.74) is 5.73. The Balaban J connectivity index is 1.58. The van der Waals surface area contributed by atoms with E-state index in [1.165, 1.54) is 32.1 Å². The summed E-state index contributed by atoms with van der Waals surface area (Å²) in [5.74, 6) is 3.86. The zero-order valence-electron chi connectivity index (χ0n) is 12.1. The van der Waals surface area contributed by atoms with Crippen LogP contribution in [0.2, 0.25) is 0 Å². The van der Waals surface area contributed by atoms with Gasteiger partial charge in [-0.1, -0.05) is 19.8 Å². The number of rotatable bonds is 5. The average molecular weight is 264 g/mol. The molecule has 108 valence electrons. The Morgan fingerprint density at radius 2 is 2.05 bits per heavy atom. The fourth-order valence-electron chi connectivity index (χ4n) is 5.24. The molecule has 3 aliphatic carbocycles. The van der Waals surface area contributed by atoms with Gasteiger partial charge in [0, 0.05) is 12.6 Å². The largest absolute Gasteiger partial charge is 0.353 e. The van der Waals surface area contributed by atoms with Crippen LogP contribution in [0.5, 0.6) is 0 Å². The number of amides is 1. The lowest BCUT2D eigenvalue weighted by atomic mass is 9.79. The van der Waals surface area contributed by atoms with Gasteiger partial charge in [-0.15, -0.1) is 0 Å². The molecule has 6 unspecified atom stereocenters. The first kappa shape index (κ1) is 13.4. The van der Waals surface area contributed by atoms with Crippen molar-refractivity contribution in [2.24, 2.45) is 35.3 Å². The topological polar surface area (TPSA) is 55.1 Å². The highest BCUT2D eigenvalue weighted by Crippen LogP contribution is 2.58. The van der Waals surface area contributed by atoms with Gasteiger partial charge >= 0.3 is 0 Å². The second-order valence-corrected chi connectivity index (χ2v) is 6.99. The summed E-state index contributed by atoms with van der Waals surface area (Å²) in [6.45, 7) is 2.61. The normalized spacial score (nSPS) is 41.3. The first-order chi connectivity index (χ1) is 9.24. The molecule has 0 aromatic rings. The Morgan fingerprint density at radius 3 is 2.79 bits per heavy atom. The molecule has 3 fully saturated rings. The molecule has 2 bridgehead atoms. The van der Waals surface area contributed by atoms with E-state index in [9.17, 15) is 4.79 Å². The van der Waals surface area contributed by atoms with Gasteiger partial charge in [0.05, 0.1) is 5.92 Å².